The Morgan fingerprint density at radius 1 is 1.38 bits per heavy atom. The largest absolute Gasteiger partial charge is 0.369 e. The van der Waals surface area contributed by atoms with Gasteiger partial charge in [-0.25, -0.2) is 4.99 Å². The Hall–Kier alpha value is -1.40. The first-order chi connectivity index (χ1) is 9.92. The molecule has 5 N–H and O–H groups in total. The fourth-order valence-electron chi connectivity index (χ4n) is 1.50. The van der Waals surface area contributed by atoms with Crippen LogP contribution in [-0.4, -0.2) is 23.7 Å². The molecule has 0 atom stereocenters. The number of halogens is 1. The Labute approximate surface area is 135 Å². The second kappa shape index (κ2) is 8.79. The highest BCUT2D eigenvalue weighted by atomic mass is 35.5. The lowest BCUT2D eigenvalue weighted by molar-refractivity contribution is 0.831. The highest BCUT2D eigenvalue weighted by Crippen LogP contribution is 2.29. The molecule has 1 aromatic carbocycles. The number of hydrogen-bond acceptors (Lipinski definition) is 2. The normalized spacial score (nSPS) is 12.8. The fourth-order valence-corrected chi connectivity index (χ4v) is 2.63. The van der Waals surface area contributed by atoms with Gasteiger partial charge in [0.1, 0.15) is 0 Å². The van der Waals surface area contributed by atoms with E-state index in [0.717, 1.165) is 22.8 Å². The molecule has 0 saturated heterocycles. The topological polar surface area (TPSA) is 88.8 Å². The van der Waals surface area contributed by atoms with Crippen LogP contribution in [0.1, 0.15) is 27.2 Å². The maximum absolute atomic E-state index is 6.23. The van der Waals surface area contributed by atoms with Gasteiger partial charge >= 0.3 is 0 Å². The van der Waals surface area contributed by atoms with E-state index in [1.165, 1.54) is 0 Å². The van der Waals surface area contributed by atoms with Crippen molar-refractivity contribution in [2.45, 2.75) is 38.1 Å². The molecule has 1 rings (SSSR count). The summed E-state index contributed by atoms with van der Waals surface area (Å²) < 4.78 is 0. The molecule has 0 aliphatic carbocycles. The van der Waals surface area contributed by atoms with Crippen LogP contribution < -0.4 is 16.8 Å². The zero-order valence-electron chi connectivity index (χ0n) is 12.6. The lowest BCUT2D eigenvalue weighted by Gasteiger charge is -2.08. The maximum Gasteiger partial charge on any atom is 0.218 e. The van der Waals surface area contributed by atoms with Crippen LogP contribution in [0.15, 0.2) is 33.1 Å². The first-order valence-electron chi connectivity index (χ1n) is 6.79. The highest BCUT2D eigenvalue weighted by molar-refractivity contribution is 7.99. The molecule has 116 valence electrons. The van der Waals surface area contributed by atoms with Gasteiger partial charge in [0.25, 0.3) is 0 Å². The minimum atomic E-state index is 0.0749. The Kier molecular flexibility index (Phi) is 7.39. The van der Waals surface area contributed by atoms with Crippen molar-refractivity contribution >= 4 is 41.0 Å². The first kappa shape index (κ1) is 17.7. The van der Waals surface area contributed by atoms with E-state index < -0.39 is 0 Å². The zero-order valence-corrected chi connectivity index (χ0v) is 14.1. The van der Waals surface area contributed by atoms with E-state index in [1.54, 1.807) is 11.8 Å². The van der Waals surface area contributed by atoms with Gasteiger partial charge in [-0.2, -0.15) is 4.99 Å². The summed E-state index contributed by atoms with van der Waals surface area (Å²) in [6, 6.07) is 5.76. The van der Waals surface area contributed by atoms with E-state index in [-0.39, 0.29) is 18.0 Å². The molecule has 0 bridgehead atoms. The van der Waals surface area contributed by atoms with E-state index in [2.05, 4.69) is 22.2 Å². The fraction of sp³-hybridized carbons (Fsp3) is 0.429. The third-order valence-electron chi connectivity index (χ3n) is 2.29. The quantitative estimate of drug-likeness (QED) is 0.440. The minimum absolute atomic E-state index is 0.0749. The Morgan fingerprint density at radius 2 is 2.10 bits per heavy atom. The van der Waals surface area contributed by atoms with Crippen LogP contribution >= 0.6 is 23.4 Å². The number of benzene rings is 1. The summed E-state index contributed by atoms with van der Waals surface area (Å²) >= 11 is 7.96. The van der Waals surface area contributed by atoms with E-state index in [0.29, 0.717) is 5.02 Å². The van der Waals surface area contributed by atoms with E-state index in [4.69, 9.17) is 23.1 Å². The molecule has 0 amide bonds. The van der Waals surface area contributed by atoms with Gasteiger partial charge in [-0.05, 0) is 44.2 Å². The summed E-state index contributed by atoms with van der Waals surface area (Å²) in [6.45, 7) is 5.97. The van der Waals surface area contributed by atoms with Gasteiger partial charge in [-0.3, -0.25) is 0 Å². The number of nitrogens with one attached hydrogen (secondary N) is 1. The molecule has 5 nitrogen and oxygen atoms in total. The van der Waals surface area contributed by atoms with E-state index >= 15 is 0 Å². The highest BCUT2D eigenvalue weighted by Gasteiger charge is 2.03. The third kappa shape index (κ3) is 6.73. The molecule has 0 heterocycles. The van der Waals surface area contributed by atoms with Crippen molar-refractivity contribution in [3.63, 3.8) is 0 Å². The summed E-state index contributed by atoms with van der Waals surface area (Å²) in [4.78, 5) is 9.11. The molecule has 0 aromatic heterocycles. The molecule has 0 aliphatic rings. The Bertz CT molecular complexity index is 528. The summed E-state index contributed by atoms with van der Waals surface area (Å²) in [7, 11) is 0. The maximum atomic E-state index is 6.23. The molecule has 1 aromatic rings. The van der Waals surface area contributed by atoms with Crippen molar-refractivity contribution < 1.29 is 0 Å². The Morgan fingerprint density at radius 3 is 2.67 bits per heavy atom. The predicted molar refractivity (Wildman–Crippen MR) is 94.5 cm³/mol. The number of anilines is 1. The molecular weight excluding hydrogens is 306 g/mol. The van der Waals surface area contributed by atoms with Crippen LogP contribution in [0.3, 0.4) is 0 Å². The van der Waals surface area contributed by atoms with Crippen molar-refractivity contribution in [2.24, 2.45) is 21.5 Å². The second-order valence-electron chi connectivity index (χ2n) is 4.70. The predicted octanol–water partition coefficient (Wildman–Crippen LogP) is 3.29. The van der Waals surface area contributed by atoms with Gasteiger partial charge in [0.2, 0.25) is 11.9 Å². The number of aliphatic imine (C=N–C) groups is 2. The van der Waals surface area contributed by atoms with Crippen LogP contribution in [0.4, 0.5) is 5.69 Å². The standard InChI is InChI=1S/C14H22ClN5S/c1-4-7-21-12-6-5-10(8-11(12)15)19-14(17)20-13(16)18-9(2)3/h5-6,8-9H,4,7H2,1-3H3,(H5,16,17,18,19,20). The molecule has 0 fully saturated rings. The Balaban J connectivity index is 2.75. The van der Waals surface area contributed by atoms with Crippen molar-refractivity contribution in [2.75, 3.05) is 11.1 Å². The van der Waals surface area contributed by atoms with Gasteiger partial charge in [-0.15, -0.1) is 11.8 Å². The molecule has 0 saturated carbocycles. The number of thioether (sulfide) groups is 1. The molecule has 7 heteroatoms. The first-order valence-corrected chi connectivity index (χ1v) is 8.15. The van der Waals surface area contributed by atoms with Gasteiger partial charge in [0.05, 0.1) is 5.02 Å². The second-order valence-corrected chi connectivity index (χ2v) is 6.24. The number of nitrogens with zero attached hydrogens (tertiary/aromatic N) is 2. The van der Waals surface area contributed by atoms with Crippen LogP contribution in [-0.2, 0) is 0 Å². The molecule has 0 spiro atoms. The molecule has 0 radical (unpaired) electrons. The molecule has 0 unspecified atom stereocenters. The summed E-state index contributed by atoms with van der Waals surface area (Å²) in [5.74, 6) is 1.37. The van der Waals surface area contributed by atoms with Crippen LogP contribution in [0.5, 0.6) is 0 Å². The van der Waals surface area contributed by atoms with Crippen molar-refractivity contribution in [3.8, 4) is 0 Å². The van der Waals surface area contributed by atoms with Gasteiger partial charge in [-0.1, -0.05) is 18.5 Å². The summed E-state index contributed by atoms with van der Waals surface area (Å²) in [5, 5.41) is 3.63. The third-order valence-corrected chi connectivity index (χ3v) is 4.00. The SMILES string of the molecule is CCCSc1ccc(N/C(N)=N/C(N)=NC(C)C)cc1Cl. The van der Waals surface area contributed by atoms with Crippen molar-refractivity contribution in [1.29, 1.82) is 0 Å². The molecule has 0 aliphatic heterocycles. The van der Waals surface area contributed by atoms with Crippen molar-refractivity contribution in [1.82, 2.24) is 0 Å². The van der Waals surface area contributed by atoms with Gasteiger partial charge < -0.3 is 16.8 Å². The zero-order chi connectivity index (χ0) is 15.8. The summed E-state index contributed by atoms with van der Waals surface area (Å²) in [5.41, 5.74) is 12.2. The van der Waals surface area contributed by atoms with Gasteiger partial charge in [0, 0.05) is 16.6 Å². The average molecular weight is 328 g/mol. The lowest BCUT2D eigenvalue weighted by atomic mass is 10.3. The van der Waals surface area contributed by atoms with E-state index in [1.807, 2.05) is 32.0 Å². The monoisotopic (exact) mass is 327 g/mol. The molecular formula is C14H22ClN5S. The molecule has 21 heavy (non-hydrogen) atoms. The summed E-state index contributed by atoms with van der Waals surface area (Å²) in [6.07, 6.45) is 1.11. The minimum Gasteiger partial charge on any atom is -0.369 e. The number of guanidine groups is 2. The van der Waals surface area contributed by atoms with Gasteiger partial charge in [0.15, 0.2) is 0 Å². The van der Waals surface area contributed by atoms with Crippen LogP contribution in [0, 0.1) is 0 Å². The number of nitrogens with two attached hydrogens (primary N) is 2. The lowest BCUT2D eigenvalue weighted by Crippen LogP contribution is -2.26. The number of hydrogen-bond donors (Lipinski definition) is 3. The average Bonchev–Trinajstić information content (AvgIpc) is 2.36. The van der Waals surface area contributed by atoms with Crippen LogP contribution in [0.25, 0.3) is 0 Å². The van der Waals surface area contributed by atoms with Crippen molar-refractivity contribution in [3.05, 3.63) is 23.2 Å². The number of rotatable bonds is 5. The van der Waals surface area contributed by atoms with Crippen LogP contribution in [0.2, 0.25) is 5.02 Å². The van der Waals surface area contributed by atoms with E-state index in [9.17, 15) is 0 Å². The smallest absolute Gasteiger partial charge is 0.218 e.